The summed E-state index contributed by atoms with van der Waals surface area (Å²) in [5.41, 5.74) is 0. The number of nitrogens with one attached hydrogen (secondary N) is 1. The number of nitrogens with zero attached hydrogens (tertiary/aromatic N) is 4. The summed E-state index contributed by atoms with van der Waals surface area (Å²) in [6.45, 7) is 4.64. The van der Waals surface area contributed by atoms with Gasteiger partial charge in [-0.25, -0.2) is 9.37 Å². The molecule has 2 atom stereocenters. The third kappa shape index (κ3) is 4.39. The Morgan fingerprint density at radius 2 is 2.19 bits per heavy atom. The second kappa shape index (κ2) is 8.59. The molecule has 2 N–H and O–H groups in total. The molecule has 0 spiro atoms. The number of piperidine rings is 1. The van der Waals surface area contributed by atoms with E-state index in [0.29, 0.717) is 25.0 Å². The molecule has 144 valence electrons. The summed E-state index contributed by atoms with van der Waals surface area (Å²) in [6.07, 6.45) is 2.83. The van der Waals surface area contributed by atoms with Crippen molar-refractivity contribution in [1.82, 2.24) is 14.9 Å². The van der Waals surface area contributed by atoms with Gasteiger partial charge in [0.1, 0.15) is 0 Å². The number of aliphatic carboxylic acids is 1. The van der Waals surface area contributed by atoms with E-state index in [-0.39, 0.29) is 18.2 Å². The van der Waals surface area contributed by atoms with E-state index in [4.69, 9.17) is 9.84 Å². The summed E-state index contributed by atoms with van der Waals surface area (Å²) >= 11 is 0. The maximum Gasteiger partial charge on any atom is 0.303 e. The molecular weight excluding hydrogens is 341 g/mol. The molecular formula is C17H26FN5O3. The average Bonchev–Trinajstić information content (AvgIpc) is 2.67. The number of morpholine rings is 1. The van der Waals surface area contributed by atoms with Crippen molar-refractivity contribution in [2.45, 2.75) is 25.3 Å². The Morgan fingerprint density at radius 3 is 2.88 bits per heavy atom. The quantitative estimate of drug-likeness (QED) is 0.771. The molecule has 2 fully saturated rings. The molecule has 1 aromatic rings. The van der Waals surface area contributed by atoms with Crippen molar-refractivity contribution in [3.05, 3.63) is 12.0 Å². The molecule has 26 heavy (non-hydrogen) atoms. The lowest BCUT2D eigenvalue weighted by atomic mass is 9.87. The van der Waals surface area contributed by atoms with Crippen LogP contribution in [0, 0.1) is 11.7 Å². The molecule has 2 saturated heterocycles. The second-order valence-corrected chi connectivity index (χ2v) is 6.76. The van der Waals surface area contributed by atoms with E-state index in [1.807, 2.05) is 4.90 Å². The van der Waals surface area contributed by atoms with Crippen molar-refractivity contribution in [3.63, 3.8) is 0 Å². The van der Waals surface area contributed by atoms with Crippen LogP contribution in [0.5, 0.6) is 0 Å². The monoisotopic (exact) mass is 367 g/mol. The predicted molar refractivity (Wildman–Crippen MR) is 94.9 cm³/mol. The van der Waals surface area contributed by atoms with Crippen molar-refractivity contribution in [1.29, 1.82) is 0 Å². The lowest BCUT2D eigenvalue weighted by Gasteiger charge is -2.45. The van der Waals surface area contributed by atoms with Crippen LogP contribution < -0.4 is 10.2 Å². The number of anilines is 2. The fraction of sp³-hybridized carbons (Fsp3) is 0.706. The first-order valence-electron chi connectivity index (χ1n) is 9.07. The SMILES string of the molecule is CNc1nc(N2CCC(N3CCOCC3)C(CCC(=O)O)C2)ncc1F. The van der Waals surface area contributed by atoms with Crippen LogP contribution in [-0.4, -0.2) is 78.4 Å². The van der Waals surface area contributed by atoms with Crippen molar-refractivity contribution in [2.75, 3.05) is 56.7 Å². The molecule has 1 aromatic heterocycles. The van der Waals surface area contributed by atoms with Gasteiger partial charge in [-0.2, -0.15) is 4.98 Å². The maximum atomic E-state index is 13.6. The van der Waals surface area contributed by atoms with Crippen LogP contribution in [0.2, 0.25) is 0 Å². The lowest BCUT2D eigenvalue weighted by Crippen LogP contribution is -2.54. The molecule has 0 saturated carbocycles. The number of carboxylic acid groups (broad SMARTS) is 1. The zero-order valence-corrected chi connectivity index (χ0v) is 15.0. The standard InChI is InChI=1S/C17H26FN5O3/c1-19-16-13(18)10-20-17(21-16)23-5-4-14(22-6-8-26-9-7-22)12(11-23)2-3-15(24)25/h10,12,14H,2-9,11H2,1H3,(H,24,25)(H,19,20,21). The van der Waals surface area contributed by atoms with Crippen LogP contribution in [-0.2, 0) is 9.53 Å². The number of hydrogen-bond donors (Lipinski definition) is 2. The van der Waals surface area contributed by atoms with Gasteiger partial charge in [0.05, 0.1) is 19.4 Å². The van der Waals surface area contributed by atoms with Crippen molar-refractivity contribution in [2.24, 2.45) is 5.92 Å². The van der Waals surface area contributed by atoms with E-state index in [2.05, 4.69) is 20.2 Å². The Kier molecular flexibility index (Phi) is 6.20. The topological polar surface area (TPSA) is 90.8 Å². The van der Waals surface area contributed by atoms with E-state index < -0.39 is 11.8 Å². The molecule has 9 heteroatoms. The molecule has 0 radical (unpaired) electrons. The molecule has 0 aliphatic carbocycles. The van der Waals surface area contributed by atoms with E-state index in [1.165, 1.54) is 6.20 Å². The van der Waals surface area contributed by atoms with Gasteiger partial charge in [-0.3, -0.25) is 9.69 Å². The largest absolute Gasteiger partial charge is 0.481 e. The minimum absolute atomic E-state index is 0.144. The summed E-state index contributed by atoms with van der Waals surface area (Å²) in [5, 5.41) is 11.8. The second-order valence-electron chi connectivity index (χ2n) is 6.76. The van der Waals surface area contributed by atoms with E-state index >= 15 is 0 Å². The number of hydrogen-bond acceptors (Lipinski definition) is 7. The first kappa shape index (κ1) is 18.8. The summed E-state index contributed by atoms with van der Waals surface area (Å²) in [4.78, 5) is 23.9. The number of ether oxygens (including phenoxy) is 1. The smallest absolute Gasteiger partial charge is 0.303 e. The van der Waals surface area contributed by atoms with Crippen LogP contribution in [0.4, 0.5) is 16.2 Å². The van der Waals surface area contributed by atoms with Gasteiger partial charge < -0.3 is 20.1 Å². The minimum Gasteiger partial charge on any atom is -0.481 e. The van der Waals surface area contributed by atoms with Gasteiger partial charge in [0.25, 0.3) is 0 Å². The van der Waals surface area contributed by atoms with Crippen LogP contribution in [0.15, 0.2) is 6.20 Å². The van der Waals surface area contributed by atoms with Gasteiger partial charge in [-0.15, -0.1) is 0 Å². The van der Waals surface area contributed by atoms with Crippen LogP contribution >= 0.6 is 0 Å². The van der Waals surface area contributed by atoms with Crippen molar-refractivity contribution < 1.29 is 19.0 Å². The van der Waals surface area contributed by atoms with Gasteiger partial charge in [0.15, 0.2) is 11.6 Å². The fourth-order valence-corrected chi connectivity index (χ4v) is 3.87. The molecule has 0 bridgehead atoms. The first-order valence-corrected chi connectivity index (χ1v) is 9.07. The zero-order chi connectivity index (χ0) is 18.5. The molecule has 2 aliphatic heterocycles. The van der Waals surface area contributed by atoms with Gasteiger partial charge in [-0.05, 0) is 18.8 Å². The van der Waals surface area contributed by atoms with Gasteiger partial charge in [0.2, 0.25) is 5.95 Å². The molecule has 3 rings (SSSR count). The Bertz CT molecular complexity index is 626. The zero-order valence-electron chi connectivity index (χ0n) is 15.0. The first-order chi connectivity index (χ1) is 12.6. The van der Waals surface area contributed by atoms with E-state index in [1.54, 1.807) is 7.05 Å². The van der Waals surface area contributed by atoms with E-state index in [9.17, 15) is 9.18 Å². The maximum absolute atomic E-state index is 13.6. The number of carboxylic acids is 1. The molecule has 3 heterocycles. The Balaban J connectivity index is 1.73. The highest BCUT2D eigenvalue weighted by Crippen LogP contribution is 2.29. The molecule has 8 nitrogen and oxygen atoms in total. The molecule has 0 aromatic carbocycles. The Morgan fingerprint density at radius 1 is 1.42 bits per heavy atom. The van der Waals surface area contributed by atoms with Gasteiger partial charge in [-0.1, -0.05) is 0 Å². The minimum atomic E-state index is -0.779. The summed E-state index contributed by atoms with van der Waals surface area (Å²) in [6, 6.07) is 0.332. The average molecular weight is 367 g/mol. The third-order valence-electron chi connectivity index (χ3n) is 5.19. The van der Waals surface area contributed by atoms with Crippen molar-refractivity contribution in [3.8, 4) is 0 Å². The Hall–Kier alpha value is -2.00. The molecule has 2 unspecified atom stereocenters. The van der Waals surface area contributed by atoms with Crippen LogP contribution in [0.3, 0.4) is 0 Å². The number of carbonyl (C=O) groups is 1. The van der Waals surface area contributed by atoms with Crippen LogP contribution in [0.1, 0.15) is 19.3 Å². The molecule has 2 aliphatic rings. The highest BCUT2D eigenvalue weighted by molar-refractivity contribution is 5.66. The highest BCUT2D eigenvalue weighted by Gasteiger charge is 2.35. The highest BCUT2D eigenvalue weighted by atomic mass is 19.1. The number of rotatable bonds is 6. The summed E-state index contributed by atoms with van der Waals surface area (Å²) in [5.74, 6) is -0.409. The van der Waals surface area contributed by atoms with E-state index in [0.717, 1.165) is 39.3 Å². The van der Waals surface area contributed by atoms with Gasteiger partial charge in [0, 0.05) is 45.7 Å². The van der Waals surface area contributed by atoms with Gasteiger partial charge >= 0.3 is 5.97 Å². The molecule has 0 amide bonds. The summed E-state index contributed by atoms with van der Waals surface area (Å²) < 4.78 is 19.1. The fourth-order valence-electron chi connectivity index (χ4n) is 3.87. The summed E-state index contributed by atoms with van der Waals surface area (Å²) in [7, 11) is 1.62. The van der Waals surface area contributed by atoms with Crippen molar-refractivity contribution >= 4 is 17.7 Å². The number of aromatic nitrogens is 2. The third-order valence-corrected chi connectivity index (χ3v) is 5.19. The van der Waals surface area contributed by atoms with Crippen LogP contribution in [0.25, 0.3) is 0 Å². The lowest BCUT2D eigenvalue weighted by molar-refractivity contribution is -0.137. The normalized spacial score (nSPS) is 24.5. The Labute approximate surface area is 152 Å². The number of halogens is 1. The predicted octanol–water partition coefficient (Wildman–Crippen LogP) is 1.05.